The van der Waals surface area contributed by atoms with E-state index in [1.165, 1.54) is 24.0 Å². The molecule has 232 valence electrons. The molecule has 2 aliphatic heterocycles. The minimum atomic E-state index is -0.674. The predicted molar refractivity (Wildman–Crippen MR) is 161 cm³/mol. The van der Waals surface area contributed by atoms with Gasteiger partial charge in [0, 0.05) is 53.0 Å². The van der Waals surface area contributed by atoms with Gasteiger partial charge in [0.1, 0.15) is 18.5 Å². The molecule has 0 radical (unpaired) electrons. The van der Waals surface area contributed by atoms with Crippen LogP contribution in [0.1, 0.15) is 41.9 Å². The van der Waals surface area contributed by atoms with Crippen molar-refractivity contribution in [3.05, 3.63) is 59.2 Å². The summed E-state index contributed by atoms with van der Waals surface area (Å²) in [4.78, 5) is 2.37. The molecule has 2 aromatic rings. The molecule has 4 atom stereocenters. The van der Waals surface area contributed by atoms with Crippen molar-refractivity contribution in [3.63, 3.8) is 0 Å². The summed E-state index contributed by atoms with van der Waals surface area (Å²) < 4.78 is 35.1. The number of piperidine rings is 1. The number of hydrogen-bond donors (Lipinski definition) is 2. The molecule has 2 fully saturated rings. The van der Waals surface area contributed by atoms with Crippen LogP contribution in [0.2, 0.25) is 0 Å². The third kappa shape index (κ3) is 8.89. The zero-order valence-corrected chi connectivity index (χ0v) is 25.2. The van der Waals surface area contributed by atoms with Crippen molar-refractivity contribution >= 4 is 5.69 Å². The lowest BCUT2D eigenvalue weighted by Crippen LogP contribution is -2.51. The third-order valence-electron chi connectivity index (χ3n) is 8.26. The fourth-order valence-electron chi connectivity index (χ4n) is 5.80. The molecule has 2 N–H and O–H groups in total. The normalized spacial score (nSPS) is 22.9. The molecule has 1 aliphatic carbocycles. The average molecular weight is 585 g/mol. The Labute approximate surface area is 250 Å². The Bertz CT molecular complexity index is 1080. The van der Waals surface area contributed by atoms with Crippen LogP contribution >= 0.6 is 0 Å². The SMILES string of the molecule is COCCCN1CCOc2ccc(CO[C@H]3CNC[C@@H](OC[C@@H](O)COC)[C@@H]3c3ccc(COCC4CC4)cc3)cc21. The van der Waals surface area contributed by atoms with Gasteiger partial charge in [-0.05, 0) is 54.0 Å². The summed E-state index contributed by atoms with van der Waals surface area (Å²) in [6, 6.07) is 15.0. The van der Waals surface area contributed by atoms with Crippen LogP contribution in [0.4, 0.5) is 5.69 Å². The summed E-state index contributed by atoms with van der Waals surface area (Å²) in [7, 11) is 3.33. The highest BCUT2D eigenvalue weighted by molar-refractivity contribution is 5.61. The molecule has 3 aliphatic rings. The van der Waals surface area contributed by atoms with Gasteiger partial charge in [0.15, 0.2) is 0 Å². The van der Waals surface area contributed by atoms with Crippen molar-refractivity contribution in [1.29, 1.82) is 0 Å². The summed E-state index contributed by atoms with van der Waals surface area (Å²) in [6.45, 7) is 7.05. The zero-order chi connectivity index (χ0) is 29.1. The van der Waals surface area contributed by atoms with E-state index in [2.05, 4.69) is 52.7 Å². The molecule has 0 aromatic heterocycles. The first-order valence-corrected chi connectivity index (χ1v) is 15.4. The van der Waals surface area contributed by atoms with E-state index in [-0.39, 0.29) is 31.3 Å². The fourth-order valence-corrected chi connectivity index (χ4v) is 5.80. The molecule has 0 amide bonds. The minimum absolute atomic E-state index is 0.00827. The smallest absolute Gasteiger partial charge is 0.142 e. The number of hydrogen-bond acceptors (Lipinski definition) is 9. The van der Waals surface area contributed by atoms with Gasteiger partial charge in [-0.15, -0.1) is 0 Å². The van der Waals surface area contributed by atoms with Gasteiger partial charge in [-0.1, -0.05) is 30.3 Å². The van der Waals surface area contributed by atoms with Gasteiger partial charge in [-0.2, -0.15) is 0 Å². The Kier molecular flexibility index (Phi) is 11.9. The highest BCUT2D eigenvalue weighted by Crippen LogP contribution is 2.35. The second kappa shape index (κ2) is 16.0. The van der Waals surface area contributed by atoms with E-state index in [1.54, 1.807) is 14.2 Å². The first-order valence-electron chi connectivity index (χ1n) is 15.4. The first kappa shape index (κ1) is 31.2. The Hall–Kier alpha value is -2.24. The fraction of sp³-hybridized carbons (Fsp3) is 0.636. The summed E-state index contributed by atoms with van der Waals surface area (Å²) in [5.41, 5.74) is 4.56. The van der Waals surface area contributed by atoms with Crippen LogP contribution < -0.4 is 15.0 Å². The maximum absolute atomic E-state index is 10.3. The lowest BCUT2D eigenvalue weighted by atomic mass is 9.85. The van der Waals surface area contributed by atoms with Gasteiger partial charge in [-0.3, -0.25) is 0 Å². The summed E-state index contributed by atoms with van der Waals surface area (Å²) >= 11 is 0. The predicted octanol–water partition coefficient (Wildman–Crippen LogP) is 3.51. The molecule has 2 heterocycles. The highest BCUT2D eigenvalue weighted by atomic mass is 16.5. The Morgan fingerprint density at radius 3 is 2.50 bits per heavy atom. The largest absolute Gasteiger partial charge is 0.490 e. The number of ether oxygens (including phenoxy) is 6. The van der Waals surface area contributed by atoms with Gasteiger partial charge in [0.25, 0.3) is 0 Å². The van der Waals surface area contributed by atoms with E-state index in [9.17, 15) is 5.11 Å². The molecule has 9 nitrogen and oxygen atoms in total. The Morgan fingerprint density at radius 1 is 0.952 bits per heavy atom. The lowest BCUT2D eigenvalue weighted by molar-refractivity contribution is -0.0856. The number of methoxy groups -OCH3 is 2. The molecule has 0 bridgehead atoms. The van der Waals surface area contributed by atoms with Crippen molar-refractivity contribution < 1.29 is 33.5 Å². The molecule has 42 heavy (non-hydrogen) atoms. The van der Waals surface area contributed by atoms with Gasteiger partial charge >= 0.3 is 0 Å². The maximum Gasteiger partial charge on any atom is 0.142 e. The van der Waals surface area contributed by atoms with E-state index in [0.717, 1.165) is 55.6 Å². The molecule has 0 spiro atoms. The number of aliphatic hydroxyl groups excluding tert-OH is 1. The molecule has 9 heteroatoms. The second-order valence-electron chi connectivity index (χ2n) is 11.7. The molecule has 0 unspecified atom stereocenters. The van der Waals surface area contributed by atoms with Crippen molar-refractivity contribution in [1.82, 2.24) is 5.32 Å². The zero-order valence-electron chi connectivity index (χ0n) is 25.2. The molecular formula is C33H48N2O7. The van der Waals surface area contributed by atoms with Gasteiger partial charge in [0.05, 0.1) is 50.9 Å². The van der Waals surface area contributed by atoms with Crippen LogP contribution in [-0.2, 0) is 36.9 Å². The average Bonchev–Trinajstić information content (AvgIpc) is 3.84. The second-order valence-corrected chi connectivity index (χ2v) is 11.7. The minimum Gasteiger partial charge on any atom is -0.490 e. The molecule has 5 rings (SSSR count). The molecule has 1 saturated carbocycles. The van der Waals surface area contributed by atoms with Crippen LogP contribution in [0.25, 0.3) is 0 Å². The van der Waals surface area contributed by atoms with Gasteiger partial charge in [-0.25, -0.2) is 0 Å². The summed E-state index contributed by atoms with van der Waals surface area (Å²) in [5.74, 6) is 1.68. The van der Waals surface area contributed by atoms with E-state index in [1.807, 2.05) is 0 Å². The number of rotatable bonds is 17. The maximum atomic E-state index is 10.3. The molecular weight excluding hydrogens is 536 g/mol. The Morgan fingerprint density at radius 2 is 1.74 bits per heavy atom. The van der Waals surface area contributed by atoms with Gasteiger partial charge < -0.3 is 43.7 Å². The number of aliphatic hydroxyl groups is 1. The van der Waals surface area contributed by atoms with Crippen LogP contribution in [0.15, 0.2) is 42.5 Å². The van der Waals surface area contributed by atoms with Crippen LogP contribution in [0.3, 0.4) is 0 Å². The van der Waals surface area contributed by atoms with Crippen molar-refractivity contribution in [3.8, 4) is 5.75 Å². The molecule has 2 aromatic carbocycles. The van der Waals surface area contributed by atoms with E-state index in [4.69, 9.17) is 28.4 Å². The number of anilines is 1. The van der Waals surface area contributed by atoms with Crippen LogP contribution in [0, 0.1) is 5.92 Å². The van der Waals surface area contributed by atoms with Crippen LogP contribution in [-0.4, -0.2) is 96.9 Å². The third-order valence-corrected chi connectivity index (χ3v) is 8.26. The van der Waals surface area contributed by atoms with E-state index >= 15 is 0 Å². The van der Waals surface area contributed by atoms with E-state index < -0.39 is 6.10 Å². The van der Waals surface area contributed by atoms with Crippen molar-refractivity contribution in [2.75, 3.05) is 78.3 Å². The lowest BCUT2D eigenvalue weighted by Gasteiger charge is -2.39. The summed E-state index contributed by atoms with van der Waals surface area (Å²) in [6.07, 6.45) is 2.63. The van der Waals surface area contributed by atoms with E-state index in [0.29, 0.717) is 32.9 Å². The molecule has 1 saturated heterocycles. The standard InChI is InChI=1S/C33H48N2O7/c1-37-14-3-12-35-13-15-40-30-11-8-26(16-29(30)35)21-41-31-17-34-18-32(42-23-28(36)22-38-2)33(31)27-9-6-25(7-10-27)20-39-19-24-4-5-24/h6-11,16,24,28,31-34,36H,3-5,12-15,17-23H2,1-2H3/t28-,31-,32+,33+/m0/s1. The van der Waals surface area contributed by atoms with Crippen LogP contribution in [0.5, 0.6) is 5.75 Å². The van der Waals surface area contributed by atoms with Crippen molar-refractivity contribution in [2.45, 2.75) is 56.7 Å². The number of nitrogens with one attached hydrogen (secondary N) is 1. The number of nitrogens with zero attached hydrogens (tertiary/aromatic N) is 1. The Balaban J connectivity index is 1.27. The summed E-state index contributed by atoms with van der Waals surface area (Å²) in [5, 5.41) is 13.8. The number of fused-ring (bicyclic) bond motifs is 1. The number of benzene rings is 2. The monoisotopic (exact) mass is 584 g/mol. The quantitative estimate of drug-likeness (QED) is 0.271. The topological polar surface area (TPSA) is 90.9 Å². The van der Waals surface area contributed by atoms with Gasteiger partial charge in [0.2, 0.25) is 0 Å². The highest BCUT2D eigenvalue weighted by Gasteiger charge is 2.36. The van der Waals surface area contributed by atoms with Crippen molar-refractivity contribution in [2.24, 2.45) is 5.92 Å². The first-order chi connectivity index (χ1) is 20.6.